The molecule has 3 rings (SSSR count). The smallest absolute Gasteiger partial charge is 0.251 e. The average Bonchev–Trinajstić information content (AvgIpc) is 3.14. The lowest BCUT2D eigenvalue weighted by Gasteiger charge is -2.15. The summed E-state index contributed by atoms with van der Waals surface area (Å²) in [5.41, 5.74) is 1.68. The van der Waals surface area contributed by atoms with E-state index in [-0.39, 0.29) is 18.1 Å². The van der Waals surface area contributed by atoms with Gasteiger partial charge in [0.2, 0.25) is 0 Å². The van der Waals surface area contributed by atoms with Crippen molar-refractivity contribution in [1.82, 2.24) is 10.3 Å². The molecule has 0 spiro atoms. The van der Waals surface area contributed by atoms with Crippen LogP contribution in [0.15, 0.2) is 48.7 Å². The summed E-state index contributed by atoms with van der Waals surface area (Å²) in [6.45, 7) is 3.53. The van der Waals surface area contributed by atoms with Gasteiger partial charge in [-0.25, -0.2) is 4.98 Å². The van der Waals surface area contributed by atoms with Gasteiger partial charge in [-0.05, 0) is 37.5 Å². The Morgan fingerprint density at radius 1 is 1.33 bits per heavy atom. The normalized spacial score (nSPS) is 18.1. The molecule has 2 atom stereocenters. The molecule has 1 aromatic carbocycles. The van der Waals surface area contributed by atoms with Crippen LogP contribution in [0.3, 0.4) is 0 Å². The third-order valence-corrected chi connectivity index (χ3v) is 4.20. The van der Waals surface area contributed by atoms with Gasteiger partial charge in [0.25, 0.3) is 5.91 Å². The topological polar surface area (TPSA) is 63.2 Å². The van der Waals surface area contributed by atoms with E-state index in [2.05, 4.69) is 15.6 Å². The van der Waals surface area contributed by atoms with Gasteiger partial charge >= 0.3 is 0 Å². The van der Waals surface area contributed by atoms with Crippen molar-refractivity contribution in [3.05, 3.63) is 59.8 Å². The zero-order chi connectivity index (χ0) is 16.8. The minimum absolute atomic E-state index is 0.0461. The molecule has 1 aliphatic heterocycles. The van der Waals surface area contributed by atoms with Gasteiger partial charge in [-0.2, -0.15) is 0 Å². The highest BCUT2D eigenvalue weighted by Gasteiger charge is 2.16. The molecule has 0 bridgehead atoms. The lowest BCUT2D eigenvalue weighted by Crippen LogP contribution is -2.27. The van der Waals surface area contributed by atoms with Crippen molar-refractivity contribution in [3.63, 3.8) is 0 Å². The molecule has 1 amide bonds. The van der Waals surface area contributed by atoms with E-state index in [1.807, 2.05) is 37.3 Å². The number of ether oxygens (including phenoxy) is 1. The summed E-state index contributed by atoms with van der Waals surface area (Å²) in [6, 6.07) is 13.4. The fourth-order valence-electron chi connectivity index (χ4n) is 2.80. The van der Waals surface area contributed by atoms with Crippen LogP contribution in [0.2, 0.25) is 0 Å². The fraction of sp³-hybridized carbons (Fsp3) is 0.368. The summed E-state index contributed by atoms with van der Waals surface area (Å²) in [4.78, 5) is 16.7. The second-order valence-corrected chi connectivity index (χ2v) is 6.05. The first-order chi connectivity index (χ1) is 11.7. The van der Waals surface area contributed by atoms with Gasteiger partial charge in [0.15, 0.2) is 0 Å². The van der Waals surface area contributed by atoms with Gasteiger partial charge < -0.3 is 15.4 Å². The minimum atomic E-state index is -0.103. The molecule has 2 heterocycles. The number of pyridine rings is 1. The number of anilines is 1. The molecule has 1 aromatic heterocycles. The predicted octanol–water partition coefficient (Wildman–Crippen LogP) is 3.16. The molecule has 5 heteroatoms. The molecule has 1 aliphatic rings. The van der Waals surface area contributed by atoms with Gasteiger partial charge in [0, 0.05) is 24.9 Å². The molecule has 1 saturated heterocycles. The number of rotatable bonds is 6. The van der Waals surface area contributed by atoms with Crippen molar-refractivity contribution in [1.29, 1.82) is 0 Å². The molecular weight excluding hydrogens is 302 g/mol. The predicted molar refractivity (Wildman–Crippen MR) is 94.0 cm³/mol. The standard InChI is InChI=1S/C19H23N3O2/c1-14(15-6-3-2-4-7-15)22-19(23)16-9-10-20-18(12-16)21-13-17-8-5-11-24-17/h2-4,6-7,9-10,12,14,17H,5,8,11,13H2,1H3,(H,20,21)(H,22,23). The number of carbonyl (C=O) groups excluding carboxylic acids is 1. The minimum Gasteiger partial charge on any atom is -0.376 e. The van der Waals surface area contributed by atoms with Crippen LogP contribution in [-0.2, 0) is 4.74 Å². The third-order valence-electron chi connectivity index (χ3n) is 4.20. The number of nitrogens with one attached hydrogen (secondary N) is 2. The number of aromatic nitrogens is 1. The van der Waals surface area contributed by atoms with Crippen LogP contribution in [0.25, 0.3) is 0 Å². The van der Waals surface area contributed by atoms with E-state index < -0.39 is 0 Å². The number of nitrogens with zero attached hydrogens (tertiary/aromatic N) is 1. The van der Waals surface area contributed by atoms with Crippen LogP contribution in [0.5, 0.6) is 0 Å². The summed E-state index contributed by atoms with van der Waals surface area (Å²) >= 11 is 0. The molecule has 1 fully saturated rings. The maximum Gasteiger partial charge on any atom is 0.251 e. The Morgan fingerprint density at radius 3 is 2.92 bits per heavy atom. The fourth-order valence-corrected chi connectivity index (χ4v) is 2.80. The van der Waals surface area contributed by atoms with Crippen molar-refractivity contribution >= 4 is 11.7 Å². The Labute approximate surface area is 142 Å². The average molecular weight is 325 g/mol. The Kier molecular flexibility index (Phi) is 5.43. The zero-order valence-electron chi connectivity index (χ0n) is 13.9. The molecule has 5 nitrogen and oxygen atoms in total. The Balaban J connectivity index is 1.59. The number of hydrogen-bond donors (Lipinski definition) is 2. The van der Waals surface area contributed by atoms with E-state index in [0.717, 1.165) is 31.6 Å². The molecule has 0 aliphatic carbocycles. The second-order valence-electron chi connectivity index (χ2n) is 6.05. The summed E-state index contributed by atoms with van der Waals surface area (Å²) < 4.78 is 5.58. The van der Waals surface area contributed by atoms with Crippen LogP contribution >= 0.6 is 0 Å². The first-order valence-corrected chi connectivity index (χ1v) is 8.40. The molecule has 126 valence electrons. The van der Waals surface area contributed by atoms with Crippen molar-refractivity contribution in [3.8, 4) is 0 Å². The van der Waals surface area contributed by atoms with Crippen molar-refractivity contribution in [2.45, 2.75) is 31.9 Å². The van der Waals surface area contributed by atoms with E-state index in [0.29, 0.717) is 11.4 Å². The molecule has 2 unspecified atom stereocenters. The van der Waals surface area contributed by atoms with Crippen molar-refractivity contribution in [2.75, 3.05) is 18.5 Å². The number of amides is 1. The SMILES string of the molecule is CC(NC(=O)c1ccnc(NCC2CCCO2)c1)c1ccccc1. The summed E-state index contributed by atoms with van der Waals surface area (Å²) in [7, 11) is 0. The van der Waals surface area contributed by atoms with Crippen LogP contribution in [0, 0.1) is 0 Å². The molecule has 2 aromatic rings. The molecule has 0 saturated carbocycles. The number of hydrogen-bond acceptors (Lipinski definition) is 4. The van der Waals surface area contributed by atoms with Crippen LogP contribution in [-0.4, -0.2) is 30.1 Å². The highest BCUT2D eigenvalue weighted by atomic mass is 16.5. The summed E-state index contributed by atoms with van der Waals surface area (Å²) in [5, 5.41) is 6.27. The zero-order valence-corrected chi connectivity index (χ0v) is 13.9. The maximum absolute atomic E-state index is 12.4. The van der Waals surface area contributed by atoms with Crippen LogP contribution in [0.1, 0.15) is 41.7 Å². The van der Waals surface area contributed by atoms with E-state index in [1.165, 1.54) is 0 Å². The lowest BCUT2D eigenvalue weighted by atomic mass is 10.1. The van der Waals surface area contributed by atoms with E-state index in [1.54, 1.807) is 18.3 Å². The van der Waals surface area contributed by atoms with Crippen LogP contribution in [0.4, 0.5) is 5.82 Å². The molecule has 2 N–H and O–H groups in total. The number of carbonyl (C=O) groups is 1. The highest BCUT2D eigenvalue weighted by molar-refractivity contribution is 5.95. The van der Waals surface area contributed by atoms with Gasteiger partial charge in [-0.15, -0.1) is 0 Å². The van der Waals surface area contributed by atoms with Crippen LogP contribution < -0.4 is 10.6 Å². The maximum atomic E-state index is 12.4. The lowest BCUT2D eigenvalue weighted by molar-refractivity contribution is 0.0940. The van der Waals surface area contributed by atoms with Gasteiger partial charge in [0.1, 0.15) is 5.82 Å². The van der Waals surface area contributed by atoms with E-state index in [9.17, 15) is 4.79 Å². The molecule has 24 heavy (non-hydrogen) atoms. The van der Waals surface area contributed by atoms with Gasteiger partial charge in [0.05, 0.1) is 12.1 Å². The molecule has 0 radical (unpaired) electrons. The van der Waals surface area contributed by atoms with E-state index in [4.69, 9.17) is 4.74 Å². The third kappa shape index (κ3) is 4.32. The number of benzene rings is 1. The first kappa shape index (κ1) is 16.5. The summed E-state index contributed by atoms with van der Waals surface area (Å²) in [5.74, 6) is 0.597. The summed E-state index contributed by atoms with van der Waals surface area (Å²) in [6.07, 6.45) is 4.07. The second kappa shape index (κ2) is 7.93. The Morgan fingerprint density at radius 2 is 2.17 bits per heavy atom. The highest BCUT2D eigenvalue weighted by Crippen LogP contribution is 2.15. The molecular formula is C19H23N3O2. The van der Waals surface area contributed by atoms with Gasteiger partial charge in [-0.3, -0.25) is 4.79 Å². The largest absolute Gasteiger partial charge is 0.376 e. The Hall–Kier alpha value is -2.40. The monoisotopic (exact) mass is 325 g/mol. The Bertz CT molecular complexity index is 669. The van der Waals surface area contributed by atoms with E-state index >= 15 is 0 Å². The van der Waals surface area contributed by atoms with Gasteiger partial charge in [-0.1, -0.05) is 30.3 Å². The quantitative estimate of drug-likeness (QED) is 0.856. The van der Waals surface area contributed by atoms with Crippen molar-refractivity contribution < 1.29 is 9.53 Å². The first-order valence-electron chi connectivity index (χ1n) is 8.40. The van der Waals surface area contributed by atoms with Crippen molar-refractivity contribution in [2.24, 2.45) is 0 Å².